The minimum absolute atomic E-state index is 0.194. The molecule has 3 unspecified atom stereocenters. The number of hydrogen-bond donors (Lipinski definition) is 3. The molecule has 1 aromatic heterocycles. The summed E-state index contributed by atoms with van der Waals surface area (Å²) in [4.78, 5) is 30.6. The molecular formula is C12H16NO9P. The number of aromatic nitrogens is 1. The third-order valence-electron chi connectivity index (χ3n) is 3.28. The lowest BCUT2D eigenvalue weighted by molar-refractivity contribution is -0.765. The SMILES string of the molecule is COC(=O)c1ccc[n+]([C@@H]2O[C@H](COP(=O)([O-])O)C(O)C2O)c1. The summed E-state index contributed by atoms with van der Waals surface area (Å²) >= 11 is 0. The van der Waals surface area contributed by atoms with Gasteiger partial charge in [0.2, 0.25) is 0 Å². The summed E-state index contributed by atoms with van der Waals surface area (Å²) in [6, 6.07) is 3.00. The van der Waals surface area contributed by atoms with E-state index in [1.807, 2.05) is 0 Å². The molecule has 1 saturated heterocycles. The molecule has 0 radical (unpaired) electrons. The van der Waals surface area contributed by atoms with Gasteiger partial charge in [-0.3, -0.25) is 4.57 Å². The molecule has 2 heterocycles. The Morgan fingerprint density at radius 1 is 1.48 bits per heavy atom. The zero-order valence-electron chi connectivity index (χ0n) is 12.0. The number of pyridine rings is 1. The lowest BCUT2D eigenvalue weighted by atomic mass is 10.1. The predicted octanol–water partition coefficient (Wildman–Crippen LogP) is -2.14. The van der Waals surface area contributed by atoms with Gasteiger partial charge in [-0.1, -0.05) is 0 Å². The van der Waals surface area contributed by atoms with Gasteiger partial charge in [0.05, 0.1) is 13.7 Å². The largest absolute Gasteiger partial charge is 0.756 e. The fraction of sp³-hybridized carbons (Fsp3) is 0.500. The fourth-order valence-corrected chi connectivity index (χ4v) is 2.51. The first-order valence-electron chi connectivity index (χ1n) is 6.52. The van der Waals surface area contributed by atoms with Crippen molar-refractivity contribution >= 4 is 13.8 Å². The van der Waals surface area contributed by atoms with E-state index >= 15 is 0 Å². The second-order valence-electron chi connectivity index (χ2n) is 4.84. The van der Waals surface area contributed by atoms with E-state index in [0.29, 0.717) is 0 Å². The maximum Gasteiger partial charge on any atom is 0.343 e. The number of phosphoric acid groups is 1. The Hall–Kier alpha value is -1.39. The van der Waals surface area contributed by atoms with E-state index < -0.39 is 44.9 Å². The van der Waals surface area contributed by atoms with Crippen LogP contribution in [0.2, 0.25) is 0 Å². The average molecular weight is 349 g/mol. The normalized spacial score (nSPS) is 30.0. The van der Waals surface area contributed by atoms with Crippen molar-refractivity contribution in [3.63, 3.8) is 0 Å². The molecule has 1 fully saturated rings. The first-order valence-corrected chi connectivity index (χ1v) is 8.01. The van der Waals surface area contributed by atoms with Crippen LogP contribution in [0.5, 0.6) is 0 Å². The lowest BCUT2D eigenvalue weighted by Crippen LogP contribution is -2.46. The highest BCUT2D eigenvalue weighted by atomic mass is 31.2. The van der Waals surface area contributed by atoms with Crippen LogP contribution < -0.4 is 9.46 Å². The van der Waals surface area contributed by atoms with E-state index in [4.69, 9.17) is 9.63 Å². The third kappa shape index (κ3) is 4.33. The van der Waals surface area contributed by atoms with Gasteiger partial charge < -0.3 is 34.0 Å². The first-order chi connectivity index (χ1) is 10.7. The molecule has 11 heteroatoms. The van der Waals surface area contributed by atoms with Gasteiger partial charge in [-0.15, -0.1) is 0 Å². The van der Waals surface area contributed by atoms with Gasteiger partial charge in [0.25, 0.3) is 14.1 Å². The highest BCUT2D eigenvalue weighted by Gasteiger charge is 2.48. The fourth-order valence-electron chi connectivity index (χ4n) is 2.17. The highest BCUT2D eigenvalue weighted by Crippen LogP contribution is 2.33. The molecule has 1 aromatic rings. The van der Waals surface area contributed by atoms with E-state index in [1.165, 1.54) is 36.2 Å². The molecule has 23 heavy (non-hydrogen) atoms. The molecule has 0 amide bonds. The van der Waals surface area contributed by atoms with Crippen LogP contribution in [-0.4, -0.2) is 53.1 Å². The maximum absolute atomic E-state index is 11.5. The van der Waals surface area contributed by atoms with Crippen molar-refractivity contribution in [1.82, 2.24) is 0 Å². The van der Waals surface area contributed by atoms with Crippen LogP contribution in [0.4, 0.5) is 0 Å². The molecule has 5 atom stereocenters. The van der Waals surface area contributed by atoms with Crippen molar-refractivity contribution in [2.75, 3.05) is 13.7 Å². The number of phosphoric ester groups is 1. The van der Waals surface area contributed by atoms with Gasteiger partial charge in [0.1, 0.15) is 17.8 Å². The Bertz CT molecular complexity index is 618. The van der Waals surface area contributed by atoms with Crippen molar-refractivity contribution in [2.24, 2.45) is 0 Å². The Kier molecular flexibility index (Phi) is 5.48. The van der Waals surface area contributed by atoms with E-state index in [2.05, 4.69) is 9.26 Å². The quantitative estimate of drug-likeness (QED) is 0.307. The zero-order valence-corrected chi connectivity index (χ0v) is 12.9. The molecule has 1 aliphatic heterocycles. The molecule has 0 saturated carbocycles. The zero-order chi connectivity index (χ0) is 17.2. The summed E-state index contributed by atoms with van der Waals surface area (Å²) in [5.41, 5.74) is 0.194. The number of carbonyl (C=O) groups excluding carboxylic acids is 1. The topological polar surface area (TPSA) is 149 Å². The first kappa shape index (κ1) is 18.0. The van der Waals surface area contributed by atoms with E-state index in [1.54, 1.807) is 0 Å². The van der Waals surface area contributed by atoms with Crippen molar-refractivity contribution in [2.45, 2.75) is 24.5 Å². The minimum Gasteiger partial charge on any atom is -0.756 e. The summed E-state index contributed by atoms with van der Waals surface area (Å²) in [7, 11) is -3.76. The molecule has 128 valence electrons. The van der Waals surface area contributed by atoms with Gasteiger partial charge in [-0.25, -0.2) is 4.79 Å². The predicted molar refractivity (Wildman–Crippen MR) is 69.7 cm³/mol. The molecular weight excluding hydrogens is 333 g/mol. The van der Waals surface area contributed by atoms with Gasteiger partial charge in [0.15, 0.2) is 18.5 Å². The van der Waals surface area contributed by atoms with Crippen LogP contribution >= 0.6 is 7.82 Å². The third-order valence-corrected chi connectivity index (χ3v) is 3.75. The number of nitrogens with zero attached hydrogens (tertiary/aromatic N) is 1. The molecule has 2 rings (SSSR count). The number of carbonyl (C=O) groups is 1. The van der Waals surface area contributed by atoms with Crippen LogP contribution in [0.1, 0.15) is 16.6 Å². The van der Waals surface area contributed by atoms with Crippen LogP contribution in [-0.2, 0) is 18.6 Å². The van der Waals surface area contributed by atoms with Crippen LogP contribution in [0.25, 0.3) is 0 Å². The van der Waals surface area contributed by atoms with Crippen LogP contribution in [0.3, 0.4) is 0 Å². The van der Waals surface area contributed by atoms with Crippen LogP contribution in [0.15, 0.2) is 24.5 Å². The van der Waals surface area contributed by atoms with E-state index in [0.717, 1.165) is 0 Å². The molecule has 0 spiro atoms. The summed E-state index contributed by atoms with van der Waals surface area (Å²) < 4.78 is 26.0. The van der Waals surface area contributed by atoms with E-state index in [-0.39, 0.29) is 5.56 Å². The van der Waals surface area contributed by atoms with Crippen molar-refractivity contribution < 1.29 is 47.9 Å². The number of ether oxygens (including phenoxy) is 2. The smallest absolute Gasteiger partial charge is 0.343 e. The maximum atomic E-state index is 11.5. The summed E-state index contributed by atoms with van der Waals surface area (Å²) in [5.74, 6) is -0.597. The number of aliphatic hydroxyl groups excluding tert-OH is 2. The van der Waals surface area contributed by atoms with Gasteiger partial charge in [-0.2, -0.15) is 4.57 Å². The molecule has 0 bridgehead atoms. The summed E-state index contributed by atoms with van der Waals surface area (Å²) in [6.07, 6.45) is -2.26. The number of esters is 1. The van der Waals surface area contributed by atoms with Gasteiger partial charge >= 0.3 is 5.97 Å². The van der Waals surface area contributed by atoms with Gasteiger partial charge in [0, 0.05) is 6.07 Å². The van der Waals surface area contributed by atoms with Crippen molar-refractivity contribution in [3.05, 3.63) is 30.1 Å². The second-order valence-corrected chi connectivity index (χ2v) is 6.04. The Balaban J connectivity index is 2.14. The summed E-state index contributed by atoms with van der Waals surface area (Å²) in [5, 5.41) is 19.9. The molecule has 10 nitrogen and oxygen atoms in total. The Morgan fingerprint density at radius 2 is 2.17 bits per heavy atom. The standard InChI is InChI=1S/C12H16NO9P/c1-20-12(16)7-3-2-4-13(5-7)11-10(15)9(14)8(22-11)6-21-23(17,18)19/h2-5,8-11,14-15H,6H2,1H3,(H-,17,18,19)/t8-,9?,10?,11-/m1/s1. The monoisotopic (exact) mass is 349 g/mol. The Morgan fingerprint density at radius 3 is 2.78 bits per heavy atom. The Labute approximate surface area is 131 Å². The van der Waals surface area contributed by atoms with E-state index in [9.17, 15) is 24.5 Å². The number of rotatable bonds is 5. The van der Waals surface area contributed by atoms with Gasteiger partial charge in [-0.05, 0) is 6.07 Å². The molecule has 3 N–H and O–H groups in total. The molecule has 0 aromatic carbocycles. The lowest BCUT2D eigenvalue weighted by Gasteiger charge is -2.19. The van der Waals surface area contributed by atoms with Crippen LogP contribution in [0, 0.1) is 0 Å². The number of aliphatic hydroxyl groups is 2. The van der Waals surface area contributed by atoms with Crippen molar-refractivity contribution in [1.29, 1.82) is 0 Å². The highest BCUT2D eigenvalue weighted by molar-refractivity contribution is 7.44. The summed E-state index contributed by atoms with van der Waals surface area (Å²) in [6.45, 7) is -0.663. The number of hydrogen-bond acceptors (Lipinski definition) is 8. The van der Waals surface area contributed by atoms with Crippen molar-refractivity contribution in [3.8, 4) is 0 Å². The molecule has 0 aliphatic carbocycles. The average Bonchev–Trinajstić information content (AvgIpc) is 2.79. The second kappa shape index (κ2) is 7.02. The number of methoxy groups -OCH3 is 1. The molecule has 1 aliphatic rings. The minimum atomic E-state index is -4.97.